The van der Waals surface area contributed by atoms with Crippen molar-refractivity contribution < 1.29 is 9.84 Å². The SMILES string of the molecule is CCCCCCCCCCOC1CCCC(O)C1. The van der Waals surface area contributed by atoms with Crippen LogP contribution in [0.4, 0.5) is 0 Å². The fraction of sp³-hybridized carbons (Fsp3) is 1.00. The maximum atomic E-state index is 9.54. The average molecular weight is 256 g/mol. The molecule has 0 amide bonds. The second-order valence-corrected chi connectivity index (χ2v) is 5.79. The Bertz CT molecular complexity index is 182. The van der Waals surface area contributed by atoms with Crippen LogP contribution in [0.15, 0.2) is 0 Å². The summed E-state index contributed by atoms with van der Waals surface area (Å²) in [6.45, 7) is 3.16. The van der Waals surface area contributed by atoms with Gasteiger partial charge in [0.1, 0.15) is 0 Å². The molecular weight excluding hydrogens is 224 g/mol. The highest BCUT2D eigenvalue weighted by Gasteiger charge is 2.20. The lowest BCUT2D eigenvalue weighted by Gasteiger charge is -2.25. The van der Waals surface area contributed by atoms with Gasteiger partial charge in [-0.25, -0.2) is 0 Å². The molecule has 1 aliphatic carbocycles. The van der Waals surface area contributed by atoms with E-state index in [1.807, 2.05) is 0 Å². The molecular formula is C16H32O2. The normalized spacial score (nSPS) is 24.3. The summed E-state index contributed by atoms with van der Waals surface area (Å²) >= 11 is 0. The zero-order valence-electron chi connectivity index (χ0n) is 12.2. The van der Waals surface area contributed by atoms with Crippen LogP contribution in [0, 0.1) is 0 Å². The van der Waals surface area contributed by atoms with E-state index in [0.29, 0.717) is 6.10 Å². The zero-order valence-corrected chi connectivity index (χ0v) is 12.2. The highest BCUT2D eigenvalue weighted by Crippen LogP contribution is 2.21. The maximum Gasteiger partial charge on any atom is 0.0599 e. The van der Waals surface area contributed by atoms with Crippen molar-refractivity contribution >= 4 is 0 Å². The number of aliphatic hydroxyl groups excluding tert-OH is 1. The fourth-order valence-corrected chi connectivity index (χ4v) is 2.76. The van der Waals surface area contributed by atoms with Gasteiger partial charge in [0.2, 0.25) is 0 Å². The summed E-state index contributed by atoms with van der Waals surface area (Å²) < 4.78 is 5.84. The van der Waals surface area contributed by atoms with Crippen LogP contribution in [0.25, 0.3) is 0 Å². The van der Waals surface area contributed by atoms with Gasteiger partial charge in [-0.05, 0) is 32.1 Å². The van der Waals surface area contributed by atoms with E-state index in [2.05, 4.69) is 6.92 Å². The Kier molecular flexibility index (Phi) is 9.59. The highest BCUT2D eigenvalue weighted by molar-refractivity contribution is 4.72. The molecule has 1 rings (SSSR count). The third kappa shape index (κ3) is 8.10. The van der Waals surface area contributed by atoms with Crippen molar-refractivity contribution in [1.82, 2.24) is 0 Å². The predicted molar refractivity (Wildman–Crippen MR) is 76.8 cm³/mol. The van der Waals surface area contributed by atoms with E-state index in [1.54, 1.807) is 0 Å². The first-order valence-corrected chi connectivity index (χ1v) is 8.12. The Hall–Kier alpha value is -0.0800. The summed E-state index contributed by atoms with van der Waals surface area (Å²) in [5, 5.41) is 9.54. The number of rotatable bonds is 10. The minimum absolute atomic E-state index is 0.109. The Morgan fingerprint density at radius 2 is 1.61 bits per heavy atom. The number of hydrogen-bond donors (Lipinski definition) is 1. The molecule has 0 aromatic rings. The molecule has 108 valence electrons. The van der Waals surface area contributed by atoms with Crippen LogP contribution in [-0.4, -0.2) is 23.9 Å². The van der Waals surface area contributed by atoms with Crippen molar-refractivity contribution in [1.29, 1.82) is 0 Å². The third-order valence-corrected chi connectivity index (χ3v) is 3.95. The van der Waals surface area contributed by atoms with Crippen molar-refractivity contribution in [2.75, 3.05) is 6.61 Å². The molecule has 18 heavy (non-hydrogen) atoms. The lowest BCUT2D eigenvalue weighted by atomic mass is 9.95. The minimum Gasteiger partial charge on any atom is -0.393 e. The summed E-state index contributed by atoms with van der Waals surface area (Å²) in [6.07, 6.45) is 15.1. The molecule has 1 aliphatic rings. The zero-order chi connectivity index (χ0) is 13.1. The molecule has 0 aliphatic heterocycles. The van der Waals surface area contributed by atoms with Crippen molar-refractivity contribution in [3.8, 4) is 0 Å². The molecule has 1 N–H and O–H groups in total. The van der Waals surface area contributed by atoms with Gasteiger partial charge in [0.15, 0.2) is 0 Å². The molecule has 0 spiro atoms. The van der Waals surface area contributed by atoms with Crippen LogP contribution in [0.3, 0.4) is 0 Å². The molecule has 0 aromatic carbocycles. The minimum atomic E-state index is -0.109. The quantitative estimate of drug-likeness (QED) is 0.585. The molecule has 2 unspecified atom stereocenters. The van der Waals surface area contributed by atoms with Gasteiger partial charge in [0.25, 0.3) is 0 Å². The highest BCUT2D eigenvalue weighted by atomic mass is 16.5. The predicted octanol–water partition coefficient (Wildman–Crippen LogP) is 4.45. The number of hydrogen-bond acceptors (Lipinski definition) is 2. The molecule has 0 saturated heterocycles. The monoisotopic (exact) mass is 256 g/mol. The number of ether oxygens (including phenoxy) is 1. The molecule has 2 heteroatoms. The number of unbranched alkanes of at least 4 members (excludes halogenated alkanes) is 7. The van der Waals surface area contributed by atoms with Crippen LogP contribution in [0.2, 0.25) is 0 Å². The lowest BCUT2D eigenvalue weighted by molar-refractivity contribution is -0.0157. The van der Waals surface area contributed by atoms with Gasteiger partial charge in [0.05, 0.1) is 12.2 Å². The van der Waals surface area contributed by atoms with E-state index in [1.165, 1.54) is 51.4 Å². The molecule has 1 fully saturated rings. The van der Waals surface area contributed by atoms with Crippen molar-refractivity contribution in [2.45, 2.75) is 96.2 Å². The van der Waals surface area contributed by atoms with E-state index in [-0.39, 0.29) is 6.10 Å². The Morgan fingerprint density at radius 3 is 2.28 bits per heavy atom. The fourth-order valence-electron chi connectivity index (χ4n) is 2.76. The van der Waals surface area contributed by atoms with Crippen LogP contribution in [0.1, 0.15) is 84.0 Å². The average Bonchev–Trinajstić information content (AvgIpc) is 2.37. The van der Waals surface area contributed by atoms with E-state index < -0.39 is 0 Å². The molecule has 0 bridgehead atoms. The van der Waals surface area contributed by atoms with E-state index >= 15 is 0 Å². The molecule has 2 nitrogen and oxygen atoms in total. The Balaban J connectivity index is 1.80. The molecule has 0 aromatic heterocycles. The Labute approximate surface area is 113 Å². The molecule has 1 saturated carbocycles. The molecule has 2 atom stereocenters. The Morgan fingerprint density at radius 1 is 0.944 bits per heavy atom. The van der Waals surface area contributed by atoms with Crippen LogP contribution >= 0.6 is 0 Å². The first-order chi connectivity index (χ1) is 8.83. The van der Waals surface area contributed by atoms with Crippen LogP contribution in [-0.2, 0) is 4.74 Å². The van der Waals surface area contributed by atoms with Gasteiger partial charge in [-0.15, -0.1) is 0 Å². The standard InChI is InChI=1S/C16H32O2/c1-2-3-4-5-6-7-8-9-13-18-16-12-10-11-15(17)14-16/h15-17H,2-14H2,1H3. The van der Waals surface area contributed by atoms with Gasteiger partial charge in [0, 0.05) is 6.61 Å². The maximum absolute atomic E-state index is 9.54. The summed E-state index contributed by atoms with van der Waals surface area (Å²) in [6, 6.07) is 0. The lowest BCUT2D eigenvalue weighted by Crippen LogP contribution is -2.26. The molecule has 0 heterocycles. The van der Waals surface area contributed by atoms with Gasteiger partial charge < -0.3 is 9.84 Å². The van der Waals surface area contributed by atoms with Gasteiger partial charge in [-0.2, -0.15) is 0 Å². The van der Waals surface area contributed by atoms with Gasteiger partial charge in [-0.3, -0.25) is 0 Å². The van der Waals surface area contributed by atoms with Crippen LogP contribution in [0.5, 0.6) is 0 Å². The van der Waals surface area contributed by atoms with Crippen molar-refractivity contribution in [3.63, 3.8) is 0 Å². The second-order valence-electron chi connectivity index (χ2n) is 5.79. The first-order valence-electron chi connectivity index (χ1n) is 8.12. The number of aliphatic hydroxyl groups is 1. The second kappa shape index (κ2) is 10.8. The summed E-state index contributed by atoms with van der Waals surface area (Å²) in [4.78, 5) is 0. The van der Waals surface area contributed by atoms with Crippen molar-refractivity contribution in [2.24, 2.45) is 0 Å². The first kappa shape index (κ1) is 16.0. The summed E-state index contributed by atoms with van der Waals surface area (Å²) in [5.41, 5.74) is 0. The summed E-state index contributed by atoms with van der Waals surface area (Å²) in [5.74, 6) is 0. The van der Waals surface area contributed by atoms with Gasteiger partial charge in [-0.1, -0.05) is 51.9 Å². The smallest absolute Gasteiger partial charge is 0.0599 e. The van der Waals surface area contributed by atoms with E-state index in [0.717, 1.165) is 32.3 Å². The van der Waals surface area contributed by atoms with Crippen molar-refractivity contribution in [3.05, 3.63) is 0 Å². The topological polar surface area (TPSA) is 29.5 Å². The van der Waals surface area contributed by atoms with E-state index in [9.17, 15) is 5.11 Å². The summed E-state index contributed by atoms with van der Waals surface area (Å²) in [7, 11) is 0. The molecule has 0 radical (unpaired) electrons. The van der Waals surface area contributed by atoms with E-state index in [4.69, 9.17) is 4.74 Å². The van der Waals surface area contributed by atoms with Gasteiger partial charge >= 0.3 is 0 Å². The van der Waals surface area contributed by atoms with Crippen LogP contribution < -0.4 is 0 Å². The largest absolute Gasteiger partial charge is 0.393 e. The third-order valence-electron chi connectivity index (χ3n) is 3.95.